The Labute approximate surface area is 136 Å². The van der Waals surface area contributed by atoms with Crippen molar-refractivity contribution < 1.29 is 14.7 Å². The number of aliphatic hydroxyl groups is 1. The molecule has 0 saturated heterocycles. The van der Waals surface area contributed by atoms with Crippen LogP contribution in [0, 0.1) is 23.7 Å². The lowest BCUT2D eigenvalue weighted by Gasteiger charge is -2.23. The number of aliphatic hydroxyl groups excluding tert-OH is 1. The van der Waals surface area contributed by atoms with Crippen molar-refractivity contribution in [1.82, 2.24) is 0 Å². The van der Waals surface area contributed by atoms with Crippen LogP contribution in [0.25, 0.3) is 0 Å². The number of fused-ring (bicyclic) bond motifs is 5. The summed E-state index contributed by atoms with van der Waals surface area (Å²) in [7, 11) is 0. The van der Waals surface area contributed by atoms with Crippen molar-refractivity contribution in [2.75, 3.05) is 5.32 Å². The Bertz CT molecular complexity index is 694. The highest BCUT2D eigenvalue weighted by Gasteiger charge is 2.58. The van der Waals surface area contributed by atoms with Crippen LogP contribution in [-0.4, -0.2) is 16.8 Å². The van der Waals surface area contributed by atoms with E-state index in [1.807, 2.05) is 12.1 Å². The van der Waals surface area contributed by atoms with Gasteiger partial charge in [0.25, 0.3) is 5.91 Å². The molecule has 2 fully saturated rings. The molecule has 2 N–H and O–H groups in total. The van der Waals surface area contributed by atoms with Crippen LogP contribution in [0.15, 0.2) is 40.1 Å². The number of benzene rings is 1. The minimum Gasteiger partial charge on any atom is -0.511 e. The number of rotatable bonds is 2. The van der Waals surface area contributed by atoms with E-state index in [4.69, 9.17) is 0 Å². The van der Waals surface area contributed by atoms with E-state index < -0.39 is 5.91 Å². The first kappa shape index (κ1) is 14.0. The first-order valence-corrected chi connectivity index (χ1v) is 8.40. The third kappa shape index (κ3) is 1.95. The molecule has 22 heavy (non-hydrogen) atoms. The summed E-state index contributed by atoms with van der Waals surface area (Å²) in [6.45, 7) is 0. The average Bonchev–Trinajstić information content (AvgIpc) is 3.15. The summed E-state index contributed by atoms with van der Waals surface area (Å²) < 4.78 is 0.913. The highest BCUT2D eigenvalue weighted by molar-refractivity contribution is 9.10. The molecule has 2 saturated carbocycles. The van der Waals surface area contributed by atoms with Crippen molar-refractivity contribution in [2.45, 2.75) is 19.3 Å². The molecule has 4 unspecified atom stereocenters. The molecule has 2 bridgehead atoms. The third-order valence-corrected chi connectivity index (χ3v) is 5.90. The summed E-state index contributed by atoms with van der Waals surface area (Å²) in [5, 5.41) is 13.1. The minimum atomic E-state index is -0.487. The number of ketones is 1. The van der Waals surface area contributed by atoms with Crippen LogP contribution >= 0.6 is 15.9 Å². The molecule has 0 radical (unpaired) electrons. The zero-order valence-corrected chi connectivity index (χ0v) is 13.5. The normalized spacial score (nSPS) is 32.5. The summed E-state index contributed by atoms with van der Waals surface area (Å²) in [6, 6.07) is 7.14. The maximum Gasteiger partial charge on any atom is 0.262 e. The summed E-state index contributed by atoms with van der Waals surface area (Å²) in [4.78, 5) is 25.0. The molecule has 0 spiro atoms. The van der Waals surface area contributed by atoms with Gasteiger partial charge < -0.3 is 10.4 Å². The molecule has 1 aromatic carbocycles. The number of carbonyl (C=O) groups excluding carboxylic acids is 2. The fourth-order valence-electron chi connectivity index (χ4n) is 4.48. The molecule has 114 valence electrons. The number of allylic oxidation sites excluding steroid dienone is 1. The van der Waals surface area contributed by atoms with Gasteiger partial charge >= 0.3 is 0 Å². The standard InChI is InChI=1S/C17H16BrNO3/c18-10-3-5-11(6-4-10)19-17(22)14-15(20)12-8-1-2-9(7-8)13(12)16(14)21/h3-6,8-9,12-13,20H,1-2,7H2,(H,19,22). The second-order valence-corrected chi connectivity index (χ2v) is 7.39. The van der Waals surface area contributed by atoms with Crippen LogP contribution < -0.4 is 5.32 Å². The maximum absolute atomic E-state index is 12.6. The summed E-state index contributed by atoms with van der Waals surface area (Å²) in [6.07, 6.45) is 3.13. The van der Waals surface area contributed by atoms with Crippen LogP contribution in [-0.2, 0) is 9.59 Å². The highest BCUT2D eigenvalue weighted by Crippen LogP contribution is 2.58. The quantitative estimate of drug-likeness (QED) is 0.792. The molecule has 0 aromatic heterocycles. The Hall–Kier alpha value is -1.62. The van der Waals surface area contributed by atoms with Crippen LogP contribution in [0.4, 0.5) is 5.69 Å². The van der Waals surface area contributed by atoms with Gasteiger partial charge in [-0.3, -0.25) is 9.59 Å². The lowest BCUT2D eigenvalue weighted by molar-refractivity contribution is -0.123. The topological polar surface area (TPSA) is 66.4 Å². The number of anilines is 1. The zero-order valence-electron chi connectivity index (χ0n) is 11.9. The predicted octanol–water partition coefficient (Wildman–Crippen LogP) is 3.44. The molecule has 5 heteroatoms. The molecule has 4 nitrogen and oxygen atoms in total. The van der Waals surface area contributed by atoms with Gasteiger partial charge in [0.1, 0.15) is 11.3 Å². The fourth-order valence-corrected chi connectivity index (χ4v) is 4.74. The van der Waals surface area contributed by atoms with Gasteiger partial charge in [-0.05, 0) is 55.4 Å². The highest BCUT2D eigenvalue weighted by atomic mass is 79.9. The molecule has 3 aliphatic carbocycles. The average molecular weight is 362 g/mol. The monoisotopic (exact) mass is 361 g/mol. The molecule has 1 aromatic rings. The van der Waals surface area contributed by atoms with E-state index in [0.717, 1.165) is 23.7 Å². The van der Waals surface area contributed by atoms with Gasteiger partial charge in [-0.1, -0.05) is 15.9 Å². The molecule has 3 aliphatic rings. The zero-order chi connectivity index (χ0) is 15.4. The van der Waals surface area contributed by atoms with Crippen LogP contribution in [0.1, 0.15) is 19.3 Å². The van der Waals surface area contributed by atoms with Gasteiger partial charge in [0.05, 0.1) is 0 Å². The Balaban J connectivity index is 1.60. The number of Topliss-reactive ketones (excluding diaryl/α,β-unsaturated/α-hetero) is 1. The van der Waals surface area contributed by atoms with E-state index in [1.165, 1.54) is 0 Å². The fraction of sp³-hybridized carbons (Fsp3) is 0.412. The van der Waals surface area contributed by atoms with Crippen LogP contribution in [0.3, 0.4) is 0 Å². The van der Waals surface area contributed by atoms with Gasteiger partial charge in [0, 0.05) is 22.0 Å². The van der Waals surface area contributed by atoms with E-state index >= 15 is 0 Å². The number of amides is 1. The van der Waals surface area contributed by atoms with Crippen molar-refractivity contribution in [1.29, 1.82) is 0 Å². The summed E-state index contributed by atoms with van der Waals surface area (Å²) >= 11 is 3.33. The van der Waals surface area contributed by atoms with E-state index in [-0.39, 0.29) is 29.0 Å². The van der Waals surface area contributed by atoms with Crippen molar-refractivity contribution in [3.8, 4) is 0 Å². The smallest absolute Gasteiger partial charge is 0.262 e. The van der Waals surface area contributed by atoms with Crippen molar-refractivity contribution in [3.05, 3.63) is 40.1 Å². The van der Waals surface area contributed by atoms with Gasteiger partial charge in [-0.2, -0.15) is 0 Å². The van der Waals surface area contributed by atoms with E-state index in [0.29, 0.717) is 17.5 Å². The van der Waals surface area contributed by atoms with E-state index in [2.05, 4.69) is 21.2 Å². The van der Waals surface area contributed by atoms with Gasteiger partial charge in [0.2, 0.25) is 0 Å². The van der Waals surface area contributed by atoms with Crippen molar-refractivity contribution in [3.63, 3.8) is 0 Å². The summed E-state index contributed by atoms with van der Waals surface area (Å²) in [5.74, 6) is -0.180. The number of nitrogens with one attached hydrogen (secondary N) is 1. The minimum absolute atomic E-state index is 0.0190. The largest absolute Gasteiger partial charge is 0.511 e. The lowest BCUT2D eigenvalue weighted by Crippen LogP contribution is -2.26. The first-order valence-electron chi connectivity index (χ1n) is 7.60. The second-order valence-electron chi connectivity index (χ2n) is 6.47. The van der Waals surface area contributed by atoms with Crippen LogP contribution in [0.5, 0.6) is 0 Å². The maximum atomic E-state index is 12.6. The molecule has 1 amide bonds. The van der Waals surface area contributed by atoms with Crippen LogP contribution in [0.2, 0.25) is 0 Å². The number of hydrogen-bond donors (Lipinski definition) is 2. The lowest BCUT2D eigenvalue weighted by atomic mass is 9.80. The molecular formula is C17H16BrNO3. The van der Waals surface area contributed by atoms with Crippen molar-refractivity contribution >= 4 is 33.3 Å². The molecular weight excluding hydrogens is 346 g/mol. The summed E-state index contributed by atoms with van der Waals surface area (Å²) in [5.41, 5.74) is 0.593. The van der Waals surface area contributed by atoms with Gasteiger partial charge in [0.15, 0.2) is 5.78 Å². The number of hydrogen-bond acceptors (Lipinski definition) is 3. The SMILES string of the molecule is O=C(Nc1ccc(Br)cc1)C1=C(O)C2C3CCC(C3)C2C1=O. The van der Waals surface area contributed by atoms with E-state index in [1.54, 1.807) is 12.1 Å². The second kappa shape index (κ2) is 4.95. The third-order valence-electron chi connectivity index (χ3n) is 5.37. The number of halogens is 1. The van der Waals surface area contributed by atoms with Crippen molar-refractivity contribution in [2.24, 2.45) is 23.7 Å². The molecule has 0 aliphatic heterocycles. The van der Waals surface area contributed by atoms with E-state index in [9.17, 15) is 14.7 Å². The number of carbonyl (C=O) groups is 2. The Morgan fingerprint density at radius 3 is 2.41 bits per heavy atom. The first-order chi connectivity index (χ1) is 10.6. The molecule has 0 heterocycles. The Morgan fingerprint density at radius 1 is 1.14 bits per heavy atom. The molecule has 4 rings (SSSR count). The molecule has 4 atom stereocenters. The Morgan fingerprint density at radius 2 is 1.77 bits per heavy atom. The predicted molar refractivity (Wildman–Crippen MR) is 85.2 cm³/mol. The van der Waals surface area contributed by atoms with Gasteiger partial charge in [-0.25, -0.2) is 0 Å². The Kier molecular flexibility index (Phi) is 3.15. The van der Waals surface area contributed by atoms with Gasteiger partial charge in [-0.15, -0.1) is 0 Å².